The molecule has 4 heteroatoms. The molecule has 1 fully saturated rings. The first-order chi connectivity index (χ1) is 15.1. The average molecular weight is 430 g/mol. The van der Waals surface area contributed by atoms with Crippen molar-refractivity contribution in [1.29, 1.82) is 0 Å². The number of hydrogen-bond acceptors (Lipinski definition) is 3. The number of likely N-dealkylation sites (tertiary alicyclic amines) is 1. The second-order valence-corrected chi connectivity index (χ2v) is 9.62. The molecule has 0 bridgehead atoms. The van der Waals surface area contributed by atoms with E-state index in [4.69, 9.17) is 0 Å². The van der Waals surface area contributed by atoms with Crippen LogP contribution < -0.4 is 10.2 Å². The van der Waals surface area contributed by atoms with Gasteiger partial charge in [-0.3, -0.25) is 4.79 Å². The van der Waals surface area contributed by atoms with Crippen LogP contribution in [0.2, 0.25) is 0 Å². The molecule has 1 atom stereocenters. The van der Waals surface area contributed by atoms with E-state index in [-0.39, 0.29) is 5.91 Å². The fourth-order valence-corrected chi connectivity index (χ4v) is 4.58. The van der Waals surface area contributed by atoms with Gasteiger partial charge in [0, 0.05) is 38.4 Å². The number of nitrogens with one attached hydrogen (secondary N) is 1. The second kappa shape index (κ2) is 15.3. The maximum absolute atomic E-state index is 12.3. The molecular formula is C27H47N3O. The molecule has 4 nitrogen and oxygen atoms in total. The highest BCUT2D eigenvalue weighted by atomic mass is 16.1. The zero-order chi connectivity index (χ0) is 22.3. The molecule has 1 unspecified atom stereocenters. The van der Waals surface area contributed by atoms with Crippen LogP contribution in [0.15, 0.2) is 24.3 Å². The molecule has 0 saturated carbocycles. The van der Waals surface area contributed by atoms with E-state index < -0.39 is 0 Å². The summed E-state index contributed by atoms with van der Waals surface area (Å²) < 4.78 is 0. The van der Waals surface area contributed by atoms with Gasteiger partial charge in [0.25, 0.3) is 5.91 Å². The molecule has 1 N–H and O–H groups in total. The van der Waals surface area contributed by atoms with E-state index in [1.807, 2.05) is 43.3 Å². The Balaban J connectivity index is 1.47. The molecule has 1 aromatic rings. The van der Waals surface area contributed by atoms with Crippen molar-refractivity contribution in [2.75, 3.05) is 45.2 Å². The van der Waals surface area contributed by atoms with Gasteiger partial charge in [0.2, 0.25) is 0 Å². The first kappa shape index (κ1) is 25.7. The smallest absolute Gasteiger partial charge is 0.251 e. The minimum Gasteiger partial charge on any atom is -0.378 e. The van der Waals surface area contributed by atoms with Gasteiger partial charge in [-0.2, -0.15) is 0 Å². The minimum atomic E-state index is 0.0468. The predicted molar refractivity (Wildman–Crippen MR) is 134 cm³/mol. The Hall–Kier alpha value is -1.55. The van der Waals surface area contributed by atoms with Crippen LogP contribution in [0.25, 0.3) is 0 Å². The van der Waals surface area contributed by atoms with Crippen molar-refractivity contribution in [2.45, 2.75) is 84.0 Å². The highest BCUT2D eigenvalue weighted by molar-refractivity contribution is 5.94. The van der Waals surface area contributed by atoms with E-state index in [2.05, 4.69) is 17.1 Å². The SMILES string of the molecule is CCCCCCCCCCCCN1CCC(CCNC(=O)c2ccc(N(C)C)cc2)C1. The van der Waals surface area contributed by atoms with Gasteiger partial charge in [0.15, 0.2) is 0 Å². The molecule has 1 heterocycles. The fraction of sp³-hybridized carbons (Fsp3) is 0.741. The molecule has 0 aliphatic carbocycles. The van der Waals surface area contributed by atoms with Crippen molar-refractivity contribution < 1.29 is 4.79 Å². The summed E-state index contributed by atoms with van der Waals surface area (Å²) in [6.07, 6.45) is 16.4. The van der Waals surface area contributed by atoms with Crippen molar-refractivity contribution in [2.24, 2.45) is 5.92 Å². The third-order valence-electron chi connectivity index (χ3n) is 6.68. The van der Waals surface area contributed by atoms with Crippen LogP contribution in [0.5, 0.6) is 0 Å². The van der Waals surface area contributed by atoms with Gasteiger partial charge in [0.1, 0.15) is 0 Å². The molecule has 2 rings (SSSR count). The predicted octanol–water partition coefficient (Wildman–Crippen LogP) is 6.12. The number of anilines is 1. The summed E-state index contributed by atoms with van der Waals surface area (Å²) in [4.78, 5) is 17.0. The van der Waals surface area contributed by atoms with Gasteiger partial charge in [-0.15, -0.1) is 0 Å². The Morgan fingerprint density at radius 1 is 0.968 bits per heavy atom. The zero-order valence-electron chi connectivity index (χ0n) is 20.5. The monoisotopic (exact) mass is 429 g/mol. The van der Waals surface area contributed by atoms with Gasteiger partial charge in [-0.05, 0) is 62.5 Å². The van der Waals surface area contributed by atoms with Crippen LogP contribution in [0.1, 0.15) is 94.3 Å². The van der Waals surface area contributed by atoms with E-state index in [0.717, 1.165) is 30.1 Å². The molecule has 176 valence electrons. The zero-order valence-corrected chi connectivity index (χ0v) is 20.5. The normalized spacial score (nSPS) is 16.5. The van der Waals surface area contributed by atoms with Gasteiger partial charge >= 0.3 is 0 Å². The Bertz CT molecular complexity index is 599. The molecule has 0 spiro atoms. The summed E-state index contributed by atoms with van der Waals surface area (Å²) in [7, 11) is 4.02. The summed E-state index contributed by atoms with van der Waals surface area (Å²) in [6.45, 7) is 6.78. The number of carbonyl (C=O) groups excluding carboxylic acids is 1. The third-order valence-corrected chi connectivity index (χ3v) is 6.68. The quantitative estimate of drug-likeness (QED) is 0.322. The van der Waals surface area contributed by atoms with E-state index >= 15 is 0 Å². The molecule has 1 aliphatic heterocycles. The molecule has 1 aliphatic rings. The van der Waals surface area contributed by atoms with E-state index in [1.54, 1.807) is 0 Å². The first-order valence-electron chi connectivity index (χ1n) is 12.9. The van der Waals surface area contributed by atoms with Crippen LogP contribution in [-0.4, -0.2) is 51.1 Å². The second-order valence-electron chi connectivity index (χ2n) is 9.62. The lowest BCUT2D eigenvalue weighted by Gasteiger charge is -2.16. The molecule has 0 aromatic heterocycles. The summed E-state index contributed by atoms with van der Waals surface area (Å²) >= 11 is 0. The molecular weight excluding hydrogens is 382 g/mol. The van der Waals surface area contributed by atoms with Crippen molar-refractivity contribution in [3.63, 3.8) is 0 Å². The molecule has 1 amide bonds. The maximum Gasteiger partial charge on any atom is 0.251 e. The van der Waals surface area contributed by atoms with Crippen LogP contribution in [-0.2, 0) is 0 Å². The fourth-order valence-electron chi connectivity index (χ4n) is 4.58. The summed E-state index contributed by atoms with van der Waals surface area (Å²) in [6, 6.07) is 7.82. The number of benzene rings is 1. The van der Waals surface area contributed by atoms with E-state index in [0.29, 0.717) is 0 Å². The first-order valence-corrected chi connectivity index (χ1v) is 12.9. The average Bonchev–Trinajstić information content (AvgIpc) is 3.22. The van der Waals surface area contributed by atoms with Gasteiger partial charge in [0.05, 0.1) is 0 Å². The Morgan fingerprint density at radius 3 is 2.19 bits per heavy atom. The number of nitrogens with zero attached hydrogens (tertiary/aromatic N) is 2. The van der Waals surface area contributed by atoms with Crippen molar-refractivity contribution in [3.05, 3.63) is 29.8 Å². The molecule has 1 saturated heterocycles. The Morgan fingerprint density at radius 2 is 1.58 bits per heavy atom. The lowest BCUT2D eigenvalue weighted by molar-refractivity contribution is 0.0951. The minimum absolute atomic E-state index is 0.0468. The number of unbranched alkanes of at least 4 members (excludes halogenated alkanes) is 9. The number of rotatable bonds is 16. The standard InChI is InChI=1S/C27H47N3O/c1-4-5-6-7-8-9-10-11-12-13-21-30-22-19-24(23-30)18-20-28-27(31)25-14-16-26(17-15-25)29(2)3/h14-17,24H,4-13,18-23H2,1-3H3,(H,28,31). The number of carbonyl (C=O) groups is 1. The number of hydrogen-bond donors (Lipinski definition) is 1. The van der Waals surface area contributed by atoms with Gasteiger partial charge in [-0.1, -0.05) is 64.7 Å². The van der Waals surface area contributed by atoms with Crippen LogP contribution >= 0.6 is 0 Å². The third kappa shape index (κ3) is 10.5. The van der Waals surface area contributed by atoms with Crippen molar-refractivity contribution >= 4 is 11.6 Å². The van der Waals surface area contributed by atoms with Gasteiger partial charge in [-0.25, -0.2) is 0 Å². The van der Waals surface area contributed by atoms with Crippen molar-refractivity contribution in [1.82, 2.24) is 10.2 Å². The largest absolute Gasteiger partial charge is 0.378 e. The summed E-state index contributed by atoms with van der Waals surface area (Å²) in [5.41, 5.74) is 1.87. The van der Waals surface area contributed by atoms with Gasteiger partial charge < -0.3 is 15.1 Å². The highest BCUT2D eigenvalue weighted by Gasteiger charge is 2.21. The maximum atomic E-state index is 12.3. The van der Waals surface area contributed by atoms with E-state index in [1.165, 1.54) is 90.3 Å². The Labute approximate surface area is 191 Å². The molecule has 0 radical (unpaired) electrons. The molecule has 31 heavy (non-hydrogen) atoms. The van der Waals surface area contributed by atoms with Crippen molar-refractivity contribution in [3.8, 4) is 0 Å². The molecule has 1 aromatic carbocycles. The number of amides is 1. The lowest BCUT2D eigenvalue weighted by atomic mass is 10.1. The topological polar surface area (TPSA) is 35.6 Å². The van der Waals surface area contributed by atoms with Crippen LogP contribution in [0, 0.1) is 5.92 Å². The Kier molecular flexibility index (Phi) is 12.7. The highest BCUT2D eigenvalue weighted by Crippen LogP contribution is 2.20. The van der Waals surface area contributed by atoms with Crippen LogP contribution in [0.3, 0.4) is 0 Å². The lowest BCUT2D eigenvalue weighted by Crippen LogP contribution is -2.27. The van der Waals surface area contributed by atoms with Crippen LogP contribution in [0.4, 0.5) is 5.69 Å². The summed E-state index contributed by atoms with van der Waals surface area (Å²) in [5.74, 6) is 0.782. The summed E-state index contributed by atoms with van der Waals surface area (Å²) in [5, 5.41) is 3.11. The van der Waals surface area contributed by atoms with E-state index in [9.17, 15) is 4.79 Å².